The monoisotopic (exact) mass is 694 g/mol. The first kappa shape index (κ1) is 30.5. The van der Waals surface area contributed by atoms with Gasteiger partial charge in [-0.3, -0.25) is 19.3 Å². The van der Waals surface area contributed by atoms with Crippen molar-refractivity contribution in [1.29, 1.82) is 0 Å². The molecule has 2 amide bonds. The van der Waals surface area contributed by atoms with E-state index in [0.717, 1.165) is 28.0 Å². The second-order valence-corrected chi connectivity index (χ2v) is 14.3. The molecule has 238 valence electrons. The largest absolute Gasteiger partial charge is 0.450 e. The molecule has 0 radical (unpaired) electrons. The maximum atomic E-state index is 15.1. The fraction of sp³-hybridized carbons (Fsp3) is 0.139. The molecule has 4 aromatic carbocycles. The van der Waals surface area contributed by atoms with Crippen LogP contribution < -0.4 is 15.2 Å². The van der Waals surface area contributed by atoms with Gasteiger partial charge < -0.3 is 9.32 Å². The van der Waals surface area contributed by atoms with Crippen LogP contribution in [0.5, 0.6) is 0 Å². The molecule has 8 nitrogen and oxygen atoms in total. The summed E-state index contributed by atoms with van der Waals surface area (Å²) in [5.74, 6) is -1.32. The highest BCUT2D eigenvalue weighted by Crippen LogP contribution is 2.55. The van der Waals surface area contributed by atoms with E-state index in [1.807, 2.05) is 38.1 Å². The fourth-order valence-electron chi connectivity index (χ4n) is 6.45. The standard InChI is InChI=1S/C36H24ClFN4O4S2/c1-19-15-24-28(16-20(19)2)46-31-29(30(24)43)36(25-8-4-6-10-27(25)41(33(36)45)17-21-11-13-23(38)14-12-21)42(32(31)44)34-39-40-35(48-34)47-18-22-7-3-5-9-26(22)37/h3-16H,17-18H2,1-2H3. The summed E-state index contributed by atoms with van der Waals surface area (Å²) in [6.07, 6.45) is 0. The normalized spacial score (nSPS) is 16.8. The summed E-state index contributed by atoms with van der Waals surface area (Å²) >= 11 is 8.90. The van der Waals surface area contributed by atoms with Crippen LogP contribution in [0.3, 0.4) is 0 Å². The van der Waals surface area contributed by atoms with Gasteiger partial charge in [0.15, 0.2) is 15.3 Å². The summed E-state index contributed by atoms with van der Waals surface area (Å²) in [6, 6.07) is 23.9. The van der Waals surface area contributed by atoms with Gasteiger partial charge in [0.1, 0.15) is 11.4 Å². The average Bonchev–Trinajstić information content (AvgIpc) is 3.72. The number of benzene rings is 4. The van der Waals surface area contributed by atoms with E-state index in [9.17, 15) is 14.0 Å². The zero-order chi connectivity index (χ0) is 33.3. The van der Waals surface area contributed by atoms with Crippen molar-refractivity contribution < 1.29 is 18.4 Å². The number of anilines is 2. The number of para-hydroxylation sites is 1. The van der Waals surface area contributed by atoms with E-state index in [0.29, 0.717) is 31.9 Å². The Morgan fingerprint density at radius 1 is 0.938 bits per heavy atom. The Morgan fingerprint density at radius 2 is 1.67 bits per heavy atom. The van der Waals surface area contributed by atoms with Gasteiger partial charge in [-0.2, -0.15) is 0 Å². The minimum absolute atomic E-state index is 0.0669. The Kier molecular flexibility index (Phi) is 7.24. The smallest absolute Gasteiger partial charge is 0.297 e. The highest BCUT2D eigenvalue weighted by Gasteiger charge is 2.66. The van der Waals surface area contributed by atoms with E-state index >= 15 is 4.79 Å². The molecule has 1 atom stereocenters. The van der Waals surface area contributed by atoms with Gasteiger partial charge in [0, 0.05) is 16.3 Å². The zero-order valence-corrected chi connectivity index (χ0v) is 27.9. The van der Waals surface area contributed by atoms with E-state index in [4.69, 9.17) is 16.0 Å². The topological polar surface area (TPSA) is 96.6 Å². The third-order valence-electron chi connectivity index (χ3n) is 8.89. The second-order valence-electron chi connectivity index (χ2n) is 11.7. The highest BCUT2D eigenvalue weighted by molar-refractivity contribution is 8.00. The predicted octanol–water partition coefficient (Wildman–Crippen LogP) is 7.80. The Morgan fingerprint density at radius 3 is 2.46 bits per heavy atom. The number of rotatable bonds is 6. The van der Waals surface area contributed by atoms with Crippen molar-refractivity contribution >= 4 is 68.3 Å². The van der Waals surface area contributed by atoms with Gasteiger partial charge in [-0.15, -0.1) is 10.2 Å². The summed E-state index contributed by atoms with van der Waals surface area (Å²) in [7, 11) is 0. The Hall–Kier alpha value is -4.84. The van der Waals surface area contributed by atoms with E-state index < -0.39 is 28.6 Å². The van der Waals surface area contributed by atoms with Gasteiger partial charge in [0.2, 0.25) is 10.9 Å². The summed E-state index contributed by atoms with van der Waals surface area (Å²) < 4.78 is 20.6. The minimum atomic E-state index is -1.93. The van der Waals surface area contributed by atoms with Crippen molar-refractivity contribution in [2.24, 2.45) is 0 Å². The molecule has 0 bridgehead atoms. The third-order valence-corrected chi connectivity index (χ3v) is 11.3. The maximum Gasteiger partial charge on any atom is 0.297 e. The molecule has 1 unspecified atom stereocenters. The molecular weight excluding hydrogens is 671 g/mol. The number of amides is 2. The molecule has 0 N–H and O–H groups in total. The molecule has 2 aliphatic rings. The molecule has 1 spiro atoms. The lowest BCUT2D eigenvalue weighted by atomic mass is 9.84. The number of fused-ring (bicyclic) bond motifs is 5. The molecule has 0 saturated heterocycles. The fourth-order valence-corrected chi connectivity index (χ4v) is 8.63. The Balaban J connectivity index is 1.33. The lowest BCUT2D eigenvalue weighted by Crippen LogP contribution is -2.53. The van der Waals surface area contributed by atoms with Crippen molar-refractivity contribution in [3.63, 3.8) is 0 Å². The van der Waals surface area contributed by atoms with Crippen LogP contribution in [0.25, 0.3) is 11.0 Å². The average molecular weight is 695 g/mol. The van der Waals surface area contributed by atoms with Gasteiger partial charge >= 0.3 is 0 Å². The molecule has 8 rings (SSSR count). The lowest BCUT2D eigenvalue weighted by molar-refractivity contribution is -0.121. The van der Waals surface area contributed by atoms with Crippen LogP contribution >= 0.6 is 34.7 Å². The number of nitrogens with zero attached hydrogens (tertiary/aromatic N) is 4. The van der Waals surface area contributed by atoms with E-state index in [-0.39, 0.29) is 34.0 Å². The number of aryl methyl sites for hydroxylation is 2. The molecule has 6 aromatic rings. The van der Waals surface area contributed by atoms with Gasteiger partial charge in [0.05, 0.1) is 23.2 Å². The number of halogens is 2. The summed E-state index contributed by atoms with van der Waals surface area (Å²) in [4.78, 5) is 47.1. The first-order valence-corrected chi connectivity index (χ1v) is 17.1. The molecule has 2 aliphatic heterocycles. The number of hydrogen-bond donors (Lipinski definition) is 0. The van der Waals surface area contributed by atoms with Crippen molar-refractivity contribution in [2.45, 2.75) is 36.0 Å². The lowest BCUT2D eigenvalue weighted by Gasteiger charge is -2.32. The molecule has 0 fully saturated rings. The zero-order valence-electron chi connectivity index (χ0n) is 25.5. The summed E-state index contributed by atoms with van der Waals surface area (Å²) in [6.45, 7) is 3.85. The number of aromatic nitrogens is 2. The first-order chi connectivity index (χ1) is 23.2. The van der Waals surface area contributed by atoms with E-state index in [2.05, 4.69) is 10.2 Å². The van der Waals surface area contributed by atoms with Crippen molar-refractivity contribution in [2.75, 3.05) is 9.80 Å². The number of hydrogen-bond acceptors (Lipinski definition) is 8. The first-order valence-electron chi connectivity index (χ1n) is 15.0. The minimum Gasteiger partial charge on any atom is -0.450 e. The van der Waals surface area contributed by atoms with Gasteiger partial charge in [-0.05, 0) is 72.5 Å². The predicted molar refractivity (Wildman–Crippen MR) is 185 cm³/mol. The molecule has 2 aromatic heterocycles. The van der Waals surface area contributed by atoms with Crippen LogP contribution in [-0.4, -0.2) is 22.0 Å². The number of carbonyl (C=O) groups is 2. The highest BCUT2D eigenvalue weighted by atomic mass is 35.5. The quantitative estimate of drug-likeness (QED) is 0.130. The maximum absolute atomic E-state index is 15.1. The Bertz CT molecular complexity index is 2380. The van der Waals surface area contributed by atoms with Gasteiger partial charge in [-0.1, -0.05) is 83.2 Å². The third kappa shape index (κ3) is 4.52. The molecule has 12 heteroatoms. The van der Waals surface area contributed by atoms with E-state index in [1.165, 1.54) is 33.7 Å². The van der Waals surface area contributed by atoms with Crippen molar-refractivity contribution in [1.82, 2.24) is 10.2 Å². The molecule has 0 saturated carbocycles. The van der Waals surface area contributed by atoms with Crippen LogP contribution in [0.4, 0.5) is 15.2 Å². The molecule has 4 heterocycles. The van der Waals surface area contributed by atoms with Gasteiger partial charge in [0.25, 0.3) is 11.8 Å². The van der Waals surface area contributed by atoms with Crippen LogP contribution in [-0.2, 0) is 22.6 Å². The number of thioether (sulfide) groups is 1. The van der Waals surface area contributed by atoms with Gasteiger partial charge in [-0.25, -0.2) is 4.39 Å². The van der Waals surface area contributed by atoms with Crippen LogP contribution in [0.2, 0.25) is 5.02 Å². The van der Waals surface area contributed by atoms with Crippen molar-refractivity contribution in [3.05, 3.63) is 145 Å². The van der Waals surface area contributed by atoms with Crippen LogP contribution in [0.1, 0.15) is 43.9 Å². The summed E-state index contributed by atoms with van der Waals surface area (Å²) in [5, 5.41) is 9.78. The molecule has 0 aliphatic carbocycles. The van der Waals surface area contributed by atoms with Crippen LogP contribution in [0.15, 0.2) is 98.5 Å². The Labute approximate surface area is 286 Å². The van der Waals surface area contributed by atoms with Crippen LogP contribution in [0, 0.1) is 19.7 Å². The number of carbonyl (C=O) groups excluding carboxylic acids is 2. The van der Waals surface area contributed by atoms with E-state index in [1.54, 1.807) is 48.5 Å². The SMILES string of the molecule is Cc1cc2oc3c(c(=O)c2cc1C)C1(C(=O)N(Cc2ccc(F)cc2)c2ccccc21)N(c1nnc(SCc2ccccc2Cl)s1)C3=O. The second kappa shape index (κ2) is 11.4. The van der Waals surface area contributed by atoms with Crippen molar-refractivity contribution in [3.8, 4) is 0 Å². The summed E-state index contributed by atoms with van der Waals surface area (Å²) in [5.41, 5.74) is 2.05. The molecular formula is C36H24ClFN4O4S2. The molecule has 48 heavy (non-hydrogen) atoms.